The van der Waals surface area contributed by atoms with Crippen LogP contribution in [0.5, 0.6) is 17.2 Å². The first-order chi connectivity index (χ1) is 34.2. The van der Waals surface area contributed by atoms with Crippen LogP contribution in [0.2, 0.25) is 0 Å². The van der Waals surface area contributed by atoms with Gasteiger partial charge in [0.2, 0.25) is 0 Å². The number of nitro benzene ring substituents is 1. The molecule has 3 atom stereocenters. The third-order valence-corrected chi connectivity index (χ3v) is 18.1. The number of aliphatic hydroxyl groups is 1. The molecule has 10 rings (SSSR count). The van der Waals surface area contributed by atoms with Gasteiger partial charge in [-0.2, -0.15) is 12.7 Å². The number of aromatic amines is 1. The number of ether oxygens (including phenoxy) is 2. The lowest BCUT2D eigenvalue weighted by atomic mass is 9.69. The van der Waals surface area contributed by atoms with E-state index < -0.39 is 53.1 Å². The van der Waals surface area contributed by atoms with Gasteiger partial charge in [0.1, 0.15) is 29.6 Å². The number of fused-ring (bicyclic) bond motifs is 2. The number of nitrogens with one attached hydrogen (secondary N) is 3. The Morgan fingerprint density at radius 3 is 2.47 bits per heavy atom. The number of nitro groups is 1. The molecule has 19 nitrogen and oxygen atoms in total. The van der Waals surface area contributed by atoms with Gasteiger partial charge in [0.25, 0.3) is 31.8 Å². The molecule has 1 saturated carbocycles. The molecule has 72 heavy (non-hydrogen) atoms. The number of halogens is 1. The molecule has 0 radical (unpaired) electrons. The van der Waals surface area contributed by atoms with Crippen molar-refractivity contribution in [3.63, 3.8) is 0 Å². The van der Waals surface area contributed by atoms with Gasteiger partial charge in [-0.15, -0.1) is 0 Å². The largest absolute Gasteiger partial charge is 0.489 e. The van der Waals surface area contributed by atoms with Gasteiger partial charge in [0.15, 0.2) is 11.4 Å². The van der Waals surface area contributed by atoms with Crippen LogP contribution < -0.4 is 29.6 Å². The van der Waals surface area contributed by atoms with Crippen molar-refractivity contribution < 1.29 is 45.5 Å². The van der Waals surface area contributed by atoms with Crippen LogP contribution in [0.3, 0.4) is 0 Å². The van der Waals surface area contributed by atoms with Crippen molar-refractivity contribution in [1.82, 2.24) is 23.9 Å². The lowest BCUT2D eigenvalue weighted by molar-refractivity contribution is -0.384. The van der Waals surface area contributed by atoms with Gasteiger partial charge in [-0.1, -0.05) is 38.1 Å². The Bertz CT molecular complexity index is 3140. The standard InChI is InChI=1S/C50H60FN9O10S2/c1-30(2)35-6-4-5-7-36(35)39-26-59(72(52,67)68)17-12-42(39)58-28-50(29-58)15-18-57(19-16-50)32-8-9-37(44(20-32)70-33-21-38-40(51)25-54-47(38)53-24-33)48(61)56-71(65,66)34-22-43(60(63)64)46-45(23-34)69-27-41(55-46)31-10-13-49(3,62)14-11-31/h4-9,20-25,30-31,39,41-42,55,62H,10-19,26-29H2,1-3H3,(H,53,54)(H,56,61)(H2,52,67,68)/t31-,39-,41+,42-,49-/m0/s1. The number of nitrogens with two attached hydrogens (primary N) is 1. The number of aromatic nitrogens is 2. The quantitative estimate of drug-likeness (QED) is 0.0642. The number of carbonyl (C=O) groups is 1. The van der Waals surface area contributed by atoms with Crippen molar-refractivity contribution in [1.29, 1.82) is 0 Å². The minimum absolute atomic E-state index is 0.0351. The van der Waals surface area contributed by atoms with E-state index in [2.05, 4.69) is 55.8 Å². The van der Waals surface area contributed by atoms with Gasteiger partial charge in [-0.3, -0.25) is 19.8 Å². The average Bonchev–Trinajstić information content (AvgIpc) is 3.71. The van der Waals surface area contributed by atoms with Crippen LogP contribution in [0.15, 0.2) is 78.0 Å². The Labute approximate surface area is 417 Å². The topological polar surface area (TPSA) is 256 Å². The highest BCUT2D eigenvalue weighted by molar-refractivity contribution is 7.90. The van der Waals surface area contributed by atoms with E-state index in [1.54, 1.807) is 19.1 Å². The number of hydrogen-bond acceptors (Lipinski definition) is 14. The summed E-state index contributed by atoms with van der Waals surface area (Å²) in [6.45, 7) is 9.90. The van der Waals surface area contributed by atoms with Crippen molar-refractivity contribution in [2.75, 3.05) is 56.1 Å². The maximum Gasteiger partial charge on any atom is 0.297 e. The second-order valence-electron chi connectivity index (χ2n) is 20.9. The normalized spacial score (nSPS) is 24.8. The van der Waals surface area contributed by atoms with Crippen molar-refractivity contribution in [3.8, 4) is 17.2 Å². The number of pyridine rings is 1. The molecule has 22 heteroatoms. The van der Waals surface area contributed by atoms with E-state index in [0.717, 1.165) is 49.8 Å². The molecule has 1 aliphatic carbocycles. The third-order valence-electron chi connectivity index (χ3n) is 15.8. The highest BCUT2D eigenvalue weighted by Crippen LogP contribution is 2.48. The Balaban J connectivity index is 0.866. The number of amides is 1. The van der Waals surface area contributed by atoms with Crippen LogP contribution in [0.25, 0.3) is 11.0 Å². The number of rotatable bonds is 12. The molecular weight excluding hydrogens is 970 g/mol. The molecule has 1 amide bonds. The molecular formula is C50H60FN9O10S2. The fourth-order valence-corrected chi connectivity index (χ4v) is 13.4. The van der Waals surface area contributed by atoms with E-state index in [-0.39, 0.29) is 81.4 Å². The molecule has 5 aliphatic rings. The molecule has 0 bridgehead atoms. The number of carbonyl (C=O) groups excluding carboxylic acids is 1. The van der Waals surface area contributed by atoms with Crippen LogP contribution >= 0.6 is 0 Å². The van der Waals surface area contributed by atoms with Gasteiger partial charge in [-0.05, 0) is 98.4 Å². The van der Waals surface area contributed by atoms with E-state index in [0.29, 0.717) is 64.0 Å². The molecule has 1 spiro atoms. The van der Waals surface area contributed by atoms with E-state index >= 15 is 0 Å². The second kappa shape index (κ2) is 18.9. The van der Waals surface area contributed by atoms with Crippen LogP contribution in [0.1, 0.15) is 99.0 Å². The highest BCUT2D eigenvalue weighted by atomic mass is 32.2. The van der Waals surface area contributed by atoms with Gasteiger partial charge in [0.05, 0.1) is 38.6 Å². The van der Waals surface area contributed by atoms with Crippen molar-refractivity contribution in [3.05, 3.63) is 106 Å². The predicted octanol–water partition coefficient (Wildman–Crippen LogP) is 6.72. The smallest absolute Gasteiger partial charge is 0.297 e. The summed E-state index contributed by atoms with van der Waals surface area (Å²) in [5.41, 5.74) is 1.90. The van der Waals surface area contributed by atoms with Crippen molar-refractivity contribution in [2.45, 2.75) is 100 Å². The van der Waals surface area contributed by atoms with E-state index in [4.69, 9.17) is 14.6 Å². The number of nitrogens with zero attached hydrogens (tertiary/aromatic N) is 5. The fraction of sp³-hybridized carbons (Fsp3) is 0.480. The van der Waals surface area contributed by atoms with E-state index in [1.165, 1.54) is 28.2 Å². The Hall–Kier alpha value is -5.91. The molecule has 5 aromatic rings. The predicted molar refractivity (Wildman–Crippen MR) is 268 cm³/mol. The minimum atomic E-state index is -4.76. The summed E-state index contributed by atoms with van der Waals surface area (Å²) in [4.78, 5) is 36.9. The first-order valence-electron chi connectivity index (χ1n) is 24.5. The number of piperidine rings is 2. The summed E-state index contributed by atoms with van der Waals surface area (Å²) in [6, 6.07) is 16.3. The summed E-state index contributed by atoms with van der Waals surface area (Å²) in [7, 11) is -8.63. The van der Waals surface area contributed by atoms with Crippen LogP contribution in [0, 0.1) is 27.3 Å². The Kier molecular flexibility index (Phi) is 13.0. The zero-order valence-corrected chi connectivity index (χ0v) is 42.0. The third kappa shape index (κ3) is 9.83. The summed E-state index contributed by atoms with van der Waals surface area (Å²) in [6.07, 6.45) is 7.37. The monoisotopic (exact) mass is 1030 g/mol. The lowest BCUT2D eigenvalue weighted by Gasteiger charge is -2.59. The average molecular weight is 1030 g/mol. The molecule has 3 aromatic carbocycles. The highest BCUT2D eigenvalue weighted by Gasteiger charge is 2.50. The van der Waals surface area contributed by atoms with Gasteiger partial charge >= 0.3 is 0 Å². The minimum Gasteiger partial charge on any atom is -0.489 e. The molecule has 3 saturated heterocycles. The number of H-pyrrole nitrogens is 1. The summed E-state index contributed by atoms with van der Waals surface area (Å²) < 4.78 is 83.5. The molecule has 4 fully saturated rings. The van der Waals surface area contributed by atoms with Crippen LogP contribution in [-0.2, 0) is 20.2 Å². The Morgan fingerprint density at radius 2 is 1.76 bits per heavy atom. The number of benzene rings is 3. The van der Waals surface area contributed by atoms with Gasteiger partial charge < -0.3 is 29.8 Å². The SMILES string of the molecule is CC(C)c1ccccc1[C@@H]1CN(S(N)(=O)=O)CC[C@@H]1N1CC2(CCN(c3ccc(C(=O)NS(=O)(=O)c4cc5c(c([N+](=O)[O-])c4)N[C@@H]([C@H]4CC[C@](C)(O)CC4)CO5)c(Oc4cnc5[nH]cc(F)c5c4)c3)CC2)C1. The summed E-state index contributed by atoms with van der Waals surface area (Å²) >= 11 is 0. The number of sulfonamides is 1. The number of likely N-dealkylation sites (tertiary alicyclic amines) is 1. The summed E-state index contributed by atoms with van der Waals surface area (Å²) in [5, 5.41) is 31.9. The van der Waals surface area contributed by atoms with Crippen LogP contribution in [0.4, 0.5) is 21.5 Å². The second-order valence-corrected chi connectivity index (χ2v) is 24.2. The molecule has 6 N–H and O–H groups in total. The van der Waals surface area contributed by atoms with E-state index in [1.807, 2.05) is 12.1 Å². The maximum atomic E-state index is 14.7. The van der Waals surface area contributed by atoms with Gasteiger partial charge in [0, 0.05) is 81.3 Å². The Morgan fingerprint density at radius 1 is 1.03 bits per heavy atom. The first kappa shape index (κ1) is 49.7. The number of hydrogen-bond donors (Lipinski definition) is 5. The lowest BCUT2D eigenvalue weighted by Crippen LogP contribution is -2.66. The number of anilines is 2. The maximum absolute atomic E-state index is 14.7. The first-order valence-corrected chi connectivity index (χ1v) is 27.5. The summed E-state index contributed by atoms with van der Waals surface area (Å²) in [5.74, 6) is -1.38. The molecule has 384 valence electrons. The molecule has 0 unspecified atom stereocenters. The molecule has 2 aromatic heterocycles. The zero-order valence-electron chi connectivity index (χ0n) is 40.3. The van der Waals surface area contributed by atoms with Crippen molar-refractivity contribution in [2.24, 2.45) is 16.5 Å². The molecule has 6 heterocycles. The molecule has 4 aliphatic heterocycles. The van der Waals surface area contributed by atoms with Crippen molar-refractivity contribution >= 4 is 54.2 Å². The zero-order chi connectivity index (χ0) is 50.9. The van der Waals surface area contributed by atoms with Gasteiger partial charge in [-0.25, -0.2) is 27.7 Å². The van der Waals surface area contributed by atoms with Crippen LogP contribution in [-0.4, -0.2) is 116 Å². The van der Waals surface area contributed by atoms with E-state index in [9.17, 15) is 41.2 Å². The fourth-order valence-electron chi connectivity index (χ4n) is 11.7.